The quantitative estimate of drug-likeness (QED) is 0.216. The number of aromatic amines is 1. The maximum absolute atomic E-state index is 14.1. The molecule has 12 heteroatoms. The fourth-order valence-electron chi connectivity index (χ4n) is 6.28. The van der Waals surface area contributed by atoms with E-state index in [1.807, 2.05) is 30.3 Å². The second kappa shape index (κ2) is 14.0. The van der Waals surface area contributed by atoms with Crippen molar-refractivity contribution >= 4 is 41.5 Å². The van der Waals surface area contributed by atoms with Gasteiger partial charge in [-0.1, -0.05) is 36.4 Å². The van der Waals surface area contributed by atoms with Crippen molar-refractivity contribution in [1.29, 1.82) is 0 Å². The fraction of sp³-hybridized carbons (Fsp3) is 0.333. The third-order valence-electron chi connectivity index (χ3n) is 8.88. The van der Waals surface area contributed by atoms with Crippen LogP contribution in [0, 0.1) is 11.8 Å². The number of nitrogens with zero attached hydrogens (tertiary/aromatic N) is 4. The van der Waals surface area contributed by atoms with Crippen molar-refractivity contribution < 1.29 is 14.4 Å². The number of nitrogens with one attached hydrogen (secondary N) is 2. The van der Waals surface area contributed by atoms with Crippen molar-refractivity contribution in [2.24, 2.45) is 23.3 Å². The van der Waals surface area contributed by atoms with E-state index in [1.165, 1.54) is 0 Å². The lowest BCUT2D eigenvalue weighted by molar-refractivity contribution is -0.127. The molecular weight excluding hydrogens is 592 g/mol. The number of benzene rings is 3. The molecule has 6 N–H and O–H groups in total. The van der Waals surface area contributed by atoms with E-state index < -0.39 is 11.9 Å². The molecule has 0 unspecified atom stereocenters. The zero-order chi connectivity index (χ0) is 30.6. The Morgan fingerprint density at radius 2 is 1.60 bits per heavy atom. The van der Waals surface area contributed by atoms with Gasteiger partial charge in [-0.2, -0.15) is 5.21 Å². The Labute approximate surface area is 267 Å². The zero-order valence-corrected chi connectivity index (χ0v) is 25.6. The highest BCUT2D eigenvalue weighted by molar-refractivity contribution is 6.02. The number of anilines is 2. The molecule has 1 fully saturated rings. The number of aryl methyl sites for hydroxylation is 1. The van der Waals surface area contributed by atoms with Crippen molar-refractivity contribution in [2.45, 2.75) is 51.0 Å². The molecule has 3 amide bonds. The Balaban J connectivity index is 0.00000400. The van der Waals surface area contributed by atoms with Crippen molar-refractivity contribution in [2.75, 3.05) is 16.8 Å². The first-order chi connectivity index (χ1) is 21.4. The van der Waals surface area contributed by atoms with Crippen LogP contribution in [0.3, 0.4) is 0 Å². The van der Waals surface area contributed by atoms with Gasteiger partial charge in [0.2, 0.25) is 23.5 Å². The molecule has 45 heavy (non-hydrogen) atoms. The molecular formula is C33H37ClN8O3. The highest BCUT2D eigenvalue weighted by Crippen LogP contribution is 2.34. The Hall–Kier alpha value is -4.61. The molecule has 0 radical (unpaired) electrons. The first-order valence-electron chi connectivity index (χ1n) is 15.1. The molecule has 1 aromatic heterocycles. The van der Waals surface area contributed by atoms with Gasteiger partial charge in [-0.05, 0) is 102 Å². The smallest absolute Gasteiger partial charge is 0.240 e. The monoisotopic (exact) mass is 628 g/mol. The molecule has 0 spiro atoms. The number of carbonyl (C=O) groups excluding carboxylic acids is 3. The van der Waals surface area contributed by atoms with E-state index in [1.54, 1.807) is 29.2 Å². The lowest BCUT2D eigenvalue weighted by atomic mass is 9.81. The van der Waals surface area contributed by atoms with Crippen LogP contribution in [-0.4, -0.2) is 50.9 Å². The molecule has 6 rings (SSSR count). The summed E-state index contributed by atoms with van der Waals surface area (Å²) in [4.78, 5) is 40.7. The van der Waals surface area contributed by atoms with E-state index in [4.69, 9.17) is 11.5 Å². The lowest BCUT2D eigenvalue weighted by Crippen LogP contribution is -2.52. The number of halogens is 1. The van der Waals surface area contributed by atoms with Gasteiger partial charge in [0.05, 0.1) is 0 Å². The van der Waals surface area contributed by atoms with Crippen molar-refractivity contribution in [1.82, 2.24) is 20.6 Å². The van der Waals surface area contributed by atoms with E-state index in [-0.39, 0.29) is 36.6 Å². The van der Waals surface area contributed by atoms with Gasteiger partial charge in [-0.25, -0.2) is 0 Å². The number of rotatable bonds is 9. The second-order valence-corrected chi connectivity index (χ2v) is 11.7. The lowest BCUT2D eigenvalue weighted by Gasteiger charge is -2.35. The van der Waals surface area contributed by atoms with Gasteiger partial charge in [-0.15, -0.1) is 22.6 Å². The summed E-state index contributed by atoms with van der Waals surface area (Å²) in [5.74, 6) is -0.0297. The summed E-state index contributed by atoms with van der Waals surface area (Å²) in [7, 11) is 0. The topological polar surface area (TPSA) is 173 Å². The Morgan fingerprint density at radius 3 is 2.24 bits per heavy atom. The van der Waals surface area contributed by atoms with Gasteiger partial charge in [0.25, 0.3) is 0 Å². The molecule has 4 aromatic rings. The number of tetrazole rings is 1. The van der Waals surface area contributed by atoms with Gasteiger partial charge in [-0.3, -0.25) is 19.3 Å². The first-order valence-corrected chi connectivity index (χ1v) is 15.1. The molecule has 1 aliphatic carbocycles. The molecule has 0 bridgehead atoms. The average molecular weight is 629 g/mol. The minimum atomic E-state index is -0.893. The van der Waals surface area contributed by atoms with E-state index in [9.17, 15) is 14.4 Å². The molecule has 1 saturated carbocycles. The summed E-state index contributed by atoms with van der Waals surface area (Å²) in [5, 5.41) is 17.1. The average Bonchev–Trinajstić information content (AvgIpc) is 3.60. The summed E-state index contributed by atoms with van der Waals surface area (Å²) < 4.78 is 0. The summed E-state index contributed by atoms with van der Waals surface area (Å²) in [6.07, 6.45) is 4.70. The Kier molecular flexibility index (Phi) is 9.90. The third kappa shape index (κ3) is 7.05. The van der Waals surface area contributed by atoms with E-state index in [2.05, 4.69) is 38.1 Å². The van der Waals surface area contributed by atoms with Gasteiger partial charge in [0.1, 0.15) is 6.04 Å². The zero-order valence-electron chi connectivity index (χ0n) is 24.8. The van der Waals surface area contributed by atoms with Crippen LogP contribution in [0.5, 0.6) is 0 Å². The van der Waals surface area contributed by atoms with Crippen LogP contribution in [0.2, 0.25) is 0 Å². The molecule has 2 aliphatic rings. The predicted molar refractivity (Wildman–Crippen MR) is 174 cm³/mol. The van der Waals surface area contributed by atoms with E-state index in [0.717, 1.165) is 65.6 Å². The van der Waals surface area contributed by atoms with Crippen LogP contribution in [-0.2, 0) is 27.2 Å². The first kappa shape index (κ1) is 31.8. The van der Waals surface area contributed by atoms with Gasteiger partial charge >= 0.3 is 0 Å². The van der Waals surface area contributed by atoms with E-state index >= 15 is 0 Å². The van der Waals surface area contributed by atoms with Crippen LogP contribution < -0.4 is 21.7 Å². The Morgan fingerprint density at radius 1 is 0.911 bits per heavy atom. The number of fused-ring (bicyclic) bond motifs is 1. The normalized spacial score (nSPS) is 18.2. The molecule has 3 aromatic carbocycles. The van der Waals surface area contributed by atoms with Crippen LogP contribution in [0.1, 0.15) is 43.2 Å². The number of primary amides is 1. The van der Waals surface area contributed by atoms with Crippen LogP contribution in [0.4, 0.5) is 11.4 Å². The molecule has 1 aliphatic heterocycles. The second-order valence-electron chi connectivity index (χ2n) is 11.7. The molecule has 234 valence electrons. The number of amides is 3. The molecule has 1 atom stereocenters. The SMILES string of the molecule is Cl.NCC1CCC(C(=O)N(c2ccc(-c3nn[nH]n3)cc2)[C@@H](Cc2ccc(-c3ccc4c(c3)NC(=O)CC4)cc2)C(N)=O)CC1. The highest BCUT2D eigenvalue weighted by Gasteiger charge is 2.36. The van der Waals surface area contributed by atoms with Crippen LogP contribution in [0.25, 0.3) is 22.5 Å². The minimum Gasteiger partial charge on any atom is -0.368 e. The van der Waals surface area contributed by atoms with Gasteiger partial charge < -0.3 is 16.8 Å². The maximum atomic E-state index is 14.1. The van der Waals surface area contributed by atoms with Crippen LogP contribution in [0.15, 0.2) is 66.7 Å². The van der Waals surface area contributed by atoms with E-state index in [0.29, 0.717) is 30.4 Å². The summed E-state index contributed by atoms with van der Waals surface area (Å²) in [6.45, 7) is 0.613. The fourth-order valence-corrected chi connectivity index (χ4v) is 6.28. The molecule has 2 heterocycles. The maximum Gasteiger partial charge on any atom is 0.240 e. The standard InChI is InChI=1S/C33H36N8O3.ClH/c34-19-21-3-7-25(8-4-21)33(44)41(27-14-11-24(12-15-27)32-37-39-40-38-32)29(31(35)43)17-20-1-5-22(6-2-20)26-10-9-23-13-16-30(42)36-28(23)18-26;/h1-2,5-6,9-12,14-15,18,21,25,29H,3-4,7-8,13,16-17,19,34H2,(H2,35,43)(H,36,42)(H,37,38,39,40);1H/t21?,25?,29-;/m0./s1. The number of carbonyl (C=O) groups is 3. The van der Waals surface area contributed by atoms with Crippen molar-refractivity contribution in [3.63, 3.8) is 0 Å². The number of hydrogen-bond acceptors (Lipinski definition) is 7. The highest BCUT2D eigenvalue weighted by atomic mass is 35.5. The number of aromatic nitrogens is 4. The minimum absolute atomic E-state index is 0. The Bertz CT molecular complexity index is 1640. The third-order valence-corrected chi connectivity index (χ3v) is 8.88. The van der Waals surface area contributed by atoms with Gasteiger partial charge in [0.15, 0.2) is 0 Å². The molecule has 11 nitrogen and oxygen atoms in total. The van der Waals surface area contributed by atoms with Crippen LogP contribution >= 0.6 is 12.4 Å². The molecule has 0 saturated heterocycles. The number of hydrogen-bond donors (Lipinski definition) is 4. The van der Waals surface area contributed by atoms with Crippen molar-refractivity contribution in [3.8, 4) is 22.5 Å². The van der Waals surface area contributed by atoms with Gasteiger partial charge in [0, 0.05) is 35.7 Å². The summed E-state index contributed by atoms with van der Waals surface area (Å²) in [6, 6.07) is 20.3. The summed E-state index contributed by atoms with van der Waals surface area (Å²) >= 11 is 0. The number of H-pyrrole nitrogens is 1. The van der Waals surface area contributed by atoms with Crippen molar-refractivity contribution in [3.05, 3.63) is 77.9 Å². The number of nitrogens with two attached hydrogens (primary N) is 2. The predicted octanol–water partition coefficient (Wildman–Crippen LogP) is 4.03. The summed E-state index contributed by atoms with van der Waals surface area (Å²) in [5.41, 5.74) is 18.0. The largest absolute Gasteiger partial charge is 0.368 e.